The number of aliphatic hydroxyl groups is 1. The van der Waals surface area contributed by atoms with Crippen molar-refractivity contribution >= 4 is 42.2 Å². The van der Waals surface area contributed by atoms with Crippen LogP contribution in [0.1, 0.15) is 27.2 Å². The van der Waals surface area contributed by atoms with E-state index in [1.165, 1.54) is 16.7 Å². The molecule has 3 rings (SSSR count). The fraction of sp³-hybridized carbons (Fsp3) is 0.737. The van der Waals surface area contributed by atoms with Gasteiger partial charge in [-0.2, -0.15) is 0 Å². The van der Waals surface area contributed by atoms with Crippen molar-refractivity contribution < 1.29 is 38.4 Å². The molecule has 0 aromatic heterocycles. The number of carbonyl (C=O) groups excluding carboxylic acids is 3. The van der Waals surface area contributed by atoms with Gasteiger partial charge >= 0.3 is 12.1 Å². The molecule has 1 unspecified atom stereocenters. The van der Waals surface area contributed by atoms with Gasteiger partial charge in [-0.25, -0.2) is 9.59 Å². The van der Waals surface area contributed by atoms with Gasteiger partial charge in [0.1, 0.15) is 5.70 Å². The van der Waals surface area contributed by atoms with Crippen LogP contribution in [0.2, 0.25) is 0 Å². The number of nitrogens with two attached hydrogens (primary N) is 1. The van der Waals surface area contributed by atoms with Crippen LogP contribution in [0.5, 0.6) is 0 Å². The van der Waals surface area contributed by atoms with E-state index < -0.39 is 30.9 Å². The normalized spacial score (nSPS) is 30.3. The van der Waals surface area contributed by atoms with E-state index in [9.17, 15) is 19.5 Å². The van der Waals surface area contributed by atoms with E-state index in [1.54, 1.807) is 13.8 Å². The molecule has 10 nitrogen and oxygen atoms in total. The van der Waals surface area contributed by atoms with Crippen molar-refractivity contribution in [3.63, 3.8) is 0 Å². The lowest BCUT2D eigenvalue weighted by molar-refractivity contribution is -0.166. The fourth-order valence-corrected chi connectivity index (χ4v) is 5.70. The minimum Gasteiger partial charge on any atom is -0.435 e. The minimum absolute atomic E-state index is 0. The van der Waals surface area contributed by atoms with Gasteiger partial charge in [0.2, 0.25) is 12.7 Å². The van der Waals surface area contributed by atoms with Gasteiger partial charge in [-0.15, -0.1) is 24.2 Å². The zero-order chi connectivity index (χ0) is 22.0. The molecule has 3 aliphatic rings. The second-order valence-corrected chi connectivity index (χ2v) is 8.71. The van der Waals surface area contributed by atoms with Crippen molar-refractivity contribution in [2.75, 3.05) is 26.6 Å². The molecule has 0 saturated carbocycles. The monoisotopic (exact) mass is 480 g/mol. The van der Waals surface area contributed by atoms with E-state index in [1.807, 2.05) is 6.92 Å². The summed E-state index contributed by atoms with van der Waals surface area (Å²) in [5.74, 6) is -1.84. The Balaban J connectivity index is 0.00000341. The molecule has 0 aromatic carbocycles. The second-order valence-electron chi connectivity index (χ2n) is 7.43. The predicted molar refractivity (Wildman–Crippen MR) is 113 cm³/mol. The lowest BCUT2D eigenvalue weighted by atomic mass is 9.79. The summed E-state index contributed by atoms with van der Waals surface area (Å²) in [5.41, 5.74) is 5.93. The number of rotatable bonds is 8. The van der Waals surface area contributed by atoms with Gasteiger partial charge < -0.3 is 34.7 Å². The second kappa shape index (κ2) is 10.9. The number of amides is 1. The first-order valence-electron chi connectivity index (χ1n) is 10.0. The highest BCUT2D eigenvalue weighted by atomic mass is 35.5. The summed E-state index contributed by atoms with van der Waals surface area (Å²) in [6.07, 6.45) is -1.15. The van der Waals surface area contributed by atoms with Crippen LogP contribution in [-0.2, 0) is 28.5 Å². The zero-order valence-electron chi connectivity index (χ0n) is 17.6. The van der Waals surface area contributed by atoms with E-state index in [0.717, 1.165) is 6.42 Å². The molecule has 0 spiro atoms. The van der Waals surface area contributed by atoms with Gasteiger partial charge in [0, 0.05) is 29.2 Å². The van der Waals surface area contributed by atoms with E-state index in [4.69, 9.17) is 19.9 Å². The topological polar surface area (TPSA) is 138 Å². The molecule has 31 heavy (non-hydrogen) atoms. The SMILES string of the molecule is CCOC(=O)OCOC(=O)C1=C(S[C@@H]2CCO[C@@H]2CN)[C@H](C)C2[C@@H]([C@@H](C)O)C(=O)N12.Cl. The molecule has 176 valence electrons. The molecule has 0 aromatic rings. The maximum absolute atomic E-state index is 12.8. The number of β-lactam (4-membered cyclic amide) rings is 1. The van der Waals surface area contributed by atoms with Gasteiger partial charge in [-0.05, 0) is 20.3 Å². The number of halogens is 1. The quantitative estimate of drug-likeness (QED) is 0.294. The molecule has 6 atom stereocenters. The van der Waals surface area contributed by atoms with Crippen LogP contribution >= 0.6 is 24.2 Å². The van der Waals surface area contributed by atoms with Crippen molar-refractivity contribution in [3.8, 4) is 0 Å². The maximum Gasteiger partial charge on any atom is 0.511 e. The Hall–Kier alpha value is -1.53. The largest absolute Gasteiger partial charge is 0.511 e. The summed E-state index contributed by atoms with van der Waals surface area (Å²) in [5, 5.41) is 10.1. The molecule has 0 radical (unpaired) electrons. The fourth-order valence-electron chi connectivity index (χ4n) is 4.17. The predicted octanol–water partition coefficient (Wildman–Crippen LogP) is 1.00. The van der Waals surface area contributed by atoms with Crippen LogP contribution < -0.4 is 5.73 Å². The number of nitrogens with zero attached hydrogens (tertiary/aromatic N) is 1. The third-order valence-electron chi connectivity index (χ3n) is 5.59. The van der Waals surface area contributed by atoms with Crippen molar-refractivity contribution in [3.05, 3.63) is 10.6 Å². The molecule has 2 saturated heterocycles. The summed E-state index contributed by atoms with van der Waals surface area (Å²) >= 11 is 1.47. The average Bonchev–Trinajstić information content (AvgIpc) is 3.23. The Labute approximate surface area is 191 Å². The van der Waals surface area contributed by atoms with Gasteiger partial charge in [-0.3, -0.25) is 4.79 Å². The van der Waals surface area contributed by atoms with Crippen molar-refractivity contribution in [2.24, 2.45) is 17.6 Å². The molecule has 2 fully saturated rings. The molecule has 0 bridgehead atoms. The van der Waals surface area contributed by atoms with E-state index in [2.05, 4.69) is 4.74 Å². The maximum atomic E-state index is 12.8. The standard InChI is InChI=1S/C19H28N2O8S.ClH/c1-4-26-19(25)29-8-28-18(24)15-16(30-12-5-6-27-11(12)7-20)9(2)14-13(10(3)22)17(23)21(14)15;/h9-14,22H,4-8,20H2,1-3H3;1H/t9-,10-,11-,12-,13-,14?;/m1./s1. The Morgan fingerprint density at radius 3 is 2.68 bits per heavy atom. The van der Waals surface area contributed by atoms with Gasteiger partial charge in [-0.1, -0.05) is 6.92 Å². The lowest BCUT2D eigenvalue weighted by Crippen LogP contribution is -2.63. The molecule has 3 N–H and O–H groups in total. The van der Waals surface area contributed by atoms with Gasteiger partial charge in [0.05, 0.1) is 30.8 Å². The number of aliphatic hydroxyl groups excluding tert-OH is 1. The molecule has 12 heteroatoms. The molecule has 3 heterocycles. The van der Waals surface area contributed by atoms with Crippen LogP contribution in [0.3, 0.4) is 0 Å². The third kappa shape index (κ3) is 4.95. The van der Waals surface area contributed by atoms with Crippen LogP contribution in [0.25, 0.3) is 0 Å². The number of esters is 1. The number of fused-ring (bicyclic) bond motifs is 1. The highest BCUT2D eigenvalue weighted by Gasteiger charge is 2.60. The third-order valence-corrected chi connectivity index (χ3v) is 7.25. The van der Waals surface area contributed by atoms with Gasteiger partial charge in [0.25, 0.3) is 0 Å². The molecule has 0 aliphatic carbocycles. The summed E-state index contributed by atoms with van der Waals surface area (Å²) in [6.45, 7) is 5.55. The van der Waals surface area contributed by atoms with Gasteiger partial charge in [0.15, 0.2) is 0 Å². The highest BCUT2D eigenvalue weighted by Crippen LogP contribution is 2.52. The first kappa shape index (κ1) is 25.7. The summed E-state index contributed by atoms with van der Waals surface area (Å²) in [6, 6.07) is -0.327. The Kier molecular flexibility index (Phi) is 9.02. The zero-order valence-corrected chi connectivity index (χ0v) is 19.3. The van der Waals surface area contributed by atoms with Crippen molar-refractivity contribution in [1.82, 2.24) is 4.90 Å². The Bertz CT molecular complexity index is 734. The number of hydrogen-bond acceptors (Lipinski definition) is 10. The molecule has 1 amide bonds. The van der Waals surface area contributed by atoms with Crippen LogP contribution in [0.4, 0.5) is 4.79 Å². The van der Waals surface area contributed by atoms with Crippen LogP contribution in [-0.4, -0.2) is 78.1 Å². The smallest absolute Gasteiger partial charge is 0.435 e. The molecular formula is C19H29ClN2O8S. The first-order chi connectivity index (χ1) is 14.3. The van der Waals surface area contributed by atoms with E-state index >= 15 is 0 Å². The number of thioether (sulfide) groups is 1. The number of hydrogen-bond donors (Lipinski definition) is 2. The Morgan fingerprint density at radius 1 is 1.35 bits per heavy atom. The first-order valence-corrected chi connectivity index (χ1v) is 10.9. The summed E-state index contributed by atoms with van der Waals surface area (Å²) in [4.78, 5) is 38.9. The van der Waals surface area contributed by atoms with E-state index in [0.29, 0.717) is 18.1 Å². The summed E-state index contributed by atoms with van der Waals surface area (Å²) in [7, 11) is 0. The lowest BCUT2D eigenvalue weighted by Gasteiger charge is -2.46. The minimum atomic E-state index is -0.949. The van der Waals surface area contributed by atoms with Crippen LogP contribution in [0, 0.1) is 11.8 Å². The Morgan fingerprint density at radius 2 is 2.06 bits per heavy atom. The molecular weight excluding hydrogens is 452 g/mol. The number of ether oxygens (including phenoxy) is 4. The average molecular weight is 481 g/mol. The van der Waals surface area contributed by atoms with Crippen LogP contribution in [0.15, 0.2) is 10.6 Å². The summed E-state index contributed by atoms with van der Waals surface area (Å²) < 4.78 is 20.0. The number of carbonyl (C=O) groups is 3. The van der Waals surface area contributed by atoms with Crippen molar-refractivity contribution in [1.29, 1.82) is 0 Å². The van der Waals surface area contributed by atoms with E-state index in [-0.39, 0.29) is 53.9 Å². The molecule has 3 aliphatic heterocycles. The van der Waals surface area contributed by atoms with Crippen molar-refractivity contribution in [2.45, 2.75) is 50.7 Å². The highest BCUT2D eigenvalue weighted by molar-refractivity contribution is 8.03.